The van der Waals surface area contributed by atoms with Crippen LogP contribution in [0.15, 0.2) is 48.5 Å². The zero-order chi connectivity index (χ0) is 18.9. The summed E-state index contributed by atoms with van der Waals surface area (Å²) in [4.78, 5) is 16.5. The monoisotopic (exact) mass is 362 g/mol. The van der Waals surface area contributed by atoms with E-state index in [1.165, 1.54) is 17.7 Å². The highest BCUT2D eigenvalue weighted by molar-refractivity contribution is 5.98. The molecule has 26 heavy (non-hydrogen) atoms. The molecular weight excluding hydrogens is 341 g/mol. The van der Waals surface area contributed by atoms with Gasteiger partial charge < -0.3 is 4.90 Å². The lowest BCUT2D eigenvalue weighted by molar-refractivity contribution is -0.137. The molecule has 0 spiro atoms. The van der Waals surface area contributed by atoms with Crippen LogP contribution in [0, 0.1) is 0 Å². The van der Waals surface area contributed by atoms with Gasteiger partial charge in [-0.05, 0) is 49.7 Å². The lowest BCUT2D eigenvalue weighted by Crippen LogP contribution is -2.45. The van der Waals surface area contributed by atoms with E-state index < -0.39 is 11.7 Å². The molecule has 2 aromatic rings. The van der Waals surface area contributed by atoms with Crippen LogP contribution in [0.1, 0.15) is 23.6 Å². The van der Waals surface area contributed by atoms with E-state index in [1.54, 1.807) is 4.90 Å². The van der Waals surface area contributed by atoms with Crippen molar-refractivity contribution in [2.24, 2.45) is 0 Å². The molecule has 0 radical (unpaired) electrons. The van der Waals surface area contributed by atoms with Gasteiger partial charge in [0.15, 0.2) is 0 Å². The van der Waals surface area contributed by atoms with Crippen LogP contribution in [-0.4, -0.2) is 30.4 Å². The van der Waals surface area contributed by atoms with Crippen LogP contribution in [0.2, 0.25) is 0 Å². The number of fused-ring (bicyclic) bond motifs is 1. The first-order valence-electron chi connectivity index (χ1n) is 8.53. The van der Waals surface area contributed by atoms with E-state index >= 15 is 0 Å². The van der Waals surface area contributed by atoms with Crippen LogP contribution in [0.5, 0.6) is 0 Å². The van der Waals surface area contributed by atoms with E-state index in [-0.39, 0.29) is 11.9 Å². The van der Waals surface area contributed by atoms with Crippen LogP contribution in [0.25, 0.3) is 0 Å². The Labute approximate surface area is 151 Å². The van der Waals surface area contributed by atoms with E-state index in [1.807, 2.05) is 43.1 Å². The van der Waals surface area contributed by atoms with Gasteiger partial charge in [-0.3, -0.25) is 9.69 Å². The highest BCUT2D eigenvalue weighted by atomic mass is 19.4. The number of nitrogens with zero attached hydrogens (tertiary/aromatic N) is 2. The molecule has 1 aliphatic heterocycles. The molecule has 0 saturated carbocycles. The van der Waals surface area contributed by atoms with Gasteiger partial charge in [-0.15, -0.1) is 0 Å². The summed E-state index contributed by atoms with van der Waals surface area (Å²) in [6.45, 7) is 2.89. The number of hydrogen-bond donors (Lipinski definition) is 0. The molecule has 1 unspecified atom stereocenters. The minimum absolute atomic E-state index is 0.00404. The number of carbonyl (C=O) groups is 1. The summed E-state index contributed by atoms with van der Waals surface area (Å²) >= 11 is 0. The largest absolute Gasteiger partial charge is 0.416 e. The number of anilines is 1. The van der Waals surface area contributed by atoms with Crippen LogP contribution in [0.3, 0.4) is 0 Å². The Morgan fingerprint density at radius 2 is 1.81 bits per heavy atom. The average Bonchev–Trinajstić information content (AvgIpc) is 3.04. The fourth-order valence-electron chi connectivity index (χ4n) is 3.21. The van der Waals surface area contributed by atoms with Crippen molar-refractivity contribution in [2.45, 2.75) is 32.1 Å². The van der Waals surface area contributed by atoms with E-state index in [9.17, 15) is 18.0 Å². The molecular formula is C20H21F3N2O. The Bertz CT molecular complexity index is 786. The summed E-state index contributed by atoms with van der Waals surface area (Å²) in [6.07, 6.45) is -3.49. The third-order valence-electron chi connectivity index (χ3n) is 4.88. The molecule has 0 aromatic heterocycles. The second-order valence-corrected chi connectivity index (χ2v) is 6.65. The Kier molecular flexibility index (Phi) is 5.05. The summed E-state index contributed by atoms with van der Waals surface area (Å²) in [5, 5.41) is 0. The lowest BCUT2D eigenvalue weighted by atomic mass is 10.1. The van der Waals surface area contributed by atoms with Crippen molar-refractivity contribution < 1.29 is 18.0 Å². The number of para-hydroxylation sites is 1. The highest BCUT2D eigenvalue weighted by Crippen LogP contribution is 2.30. The number of benzene rings is 2. The Morgan fingerprint density at radius 3 is 2.46 bits per heavy atom. The van der Waals surface area contributed by atoms with E-state index in [0.717, 1.165) is 29.8 Å². The smallest absolute Gasteiger partial charge is 0.310 e. The fourth-order valence-corrected chi connectivity index (χ4v) is 3.21. The summed E-state index contributed by atoms with van der Waals surface area (Å²) in [5.74, 6) is 0.00404. The lowest BCUT2D eigenvalue weighted by Gasteiger charge is -2.28. The number of hydrogen-bond acceptors (Lipinski definition) is 2. The molecule has 6 heteroatoms. The van der Waals surface area contributed by atoms with Gasteiger partial charge in [0.1, 0.15) is 0 Å². The number of carbonyl (C=O) groups excluding carboxylic acids is 1. The third-order valence-corrected chi connectivity index (χ3v) is 4.88. The normalized spacial score (nSPS) is 15.2. The molecule has 2 aromatic carbocycles. The van der Waals surface area contributed by atoms with Crippen LogP contribution < -0.4 is 4.90 Å². The van der Waals surface area contributed by atoms with Crippen molar-refractivity contribution in [1.82, 2.24) is 4.90 Å². The van der Waals surface area contributed by atoms with Crippen LogP contribution in [-0.2, 0) is 23.9 Å². The van der Waals surface area contributed by atoms with Crippen molar-refractivity contribution in [2.75, 3.05) is 18.5 Å². The first-order valence-corrected chi connectivity index (χ1v) is 8.53. The average molecular weight is 362 g/mol. The molecule has 0 fully saturated rings. The molecule has 138 valence electrons. The van der Waals surface area contributed by atoms with Crippen molar-refractivity contribution in [3.63, 3.8) is 0 Å². The molecule has 0 aliphatic carbocycles. The highest BCUT2D eigenvalue weighted by Gasteiger charge is 2.31. The van der Waals surface area contributed by atoms with Crippen LogP contribution in [0.4, 0.5) is 18.9 Å². The predicted octanol–water partition coefficient (Wildman–Crippen LogP) is 4.12. The van der Waals surface area contributed by atoms with Gasteiger partial charge in [0.2, 0.25) is 5.91 Å². The van der Waals surface area contributed by atoms with Crippen molar-refractivity contribution in [3.05, 3.63) is 65.2 Å². The van der Waals surface area contributed by atoms with Gasteiger partial charge in [0.05, 0.1) is 11.6 Å². The van der Waals surface area contributed by atoms with Crippen molar-refractivity contribution >= 4 is 11.6 Å². The molecule has 3 rings (SSSR count). The summed E-state index contributed by atoms with van der Waals surface area (Å²) in [7, 11) is 1.81. The first-order chi connectivity index (χ1) is 12.3. The number of likely N-dealkylation sites (N-methyl/N-ethyl adjacent to an activating group) is 1. The predicted molar refractivity (Wildman–Crippen MR) is 94.9 cm³/mol. The summed E-state index contributed by atoms with van der Waals surface area (Å²) < 4.78 is 37.9. The topological polar surface area (TPSA) is 23.6 Å². The molecule has 1 heterocycles. The number of halogens is 3. The molecule has 0 saturated heterocycles. The van der Waals surface area contributed by atoms with Gasteiger partial charge in [-0.25, -0.2) is 0 Å². The standard InChI is InChI=1S/C20H21F3N2O/c1-14(19(26)25-12-11-16-5-3-4-6-18(16)25)24(2)13-15-7-9-17(10-8-15)20(21,22)23/h3-10,14H,11-13H2,1-2H3. The van der Waals surface area contributed by atoms with Crippen molar-refractivity contribution in [3.8, 4) is 0 Å². The van der Waals surface area contributed by atoms with E-state index in [4.69, 9.17) is 0 Å². The van der Waals surface area contributed by atoms with Gasteiger partial charge in [-0.2, -0.15) is 13.2 Å². The second-order valence-electron chi connectivity index (χ2n) is 6.65. The molecule has 3 nitrogen and oxygen atoms in total. The summed E-state index contributed by atoms with van der Waals surface area (Å²) in [5.41, 5.74) is 2.19. The SMILES string of the molecule is CC(C(=O)N1CCc2ccccc21)N(C)Cc1ccc(C(F)(F)F)cc1. The number of rotatable bonds is 4. The van der Waals surface area contributed by atoms with Gasteiger partial charge >= 0.3 is 6.18 Å². The fraction of sp³-hybridized carbons (Fsp3) is 0.350. The summed E-state index contributed by atoms with van der Waals surface area (Å²) in [6, 6.07) is 12.6. The maximum absolute atomic E-state index is 12.9. The van der Waals surface area contributed by atoms with E-state index in [2.05, 4.69) is 0 Å². The third kappa shape index (κ3) is 3.75. The van der Waals surface area contributed by atoms with E-state index in [0.29, 0.717) is 13.1 Å². The van der Waals surface area contributed by atoms with Gasteiger partial charge in [-0.1, -0.05) is 30.3 Å². The zero-order valence-corrected chi connectivity index (χ0v) is 14.8. The molecule has 1 atom stereocenters. The maximum Gasteiger partial charge on any atom is 0.416 e. The molecule has 1 amide bonds. The Morgan fingerprint density at radius 1 is 1.15 bits per heavy atom. The van der Waals surface area contributed by atoms with Crippen molar-refractivity contribution in [1.29, 1.82) is 0 Å². The minimum Gasteiger partial charge on any atom is -0.310 e. The molecule has 1 aliphatic rings. The maximum atomic E-state index is 12.9. The number of alkyl halides is 3. The Balaban J connectivity index is 1.66. The molecule has 0 N–H and O–H groups in total. The number of amides is 1. The van der Waals surface area contributed by atoms with Gasteiger partial charge in [0.25, 0.3) is 0 Å². The van der Waals surface area contributed by atoms with Crippen LogP contribution >= 0.6 is 0 Å². The first kappa shape index (κ1) is 18.5. The Hall–Kier alpha value is -2.34. The second kappa shape index (κ2) is 7.11. The zero-order valence-electron chi connectivity index (χ0n) is 14.8. The molecule has 0 bridgehead atoms. The van der Waals surface area contributed by atoms with Gasteiger partial charge in [0, 0.05) is 18.8 Å². The quantitative estimate of drug-likeness (QED) is 0.817. The minimum atomic E-state index is -4.34.